The Balaban J connectivity index is 0.000000141. The van der Waals surface area contributed by atoms with Crippen LogP contribution in [0.2, 0.25) is 0 Å². The minimum absolute atomic E-state index is 0.0712. The van der Waals surface area contributed by atoms with Gasteiger partial charge in [0.1, 0.15) is 23.7 Å². The monoisotopic (exact) mass is 1130 g/mol. The number of benzene rings is 4. The highest BCUT2D eigenvalue weighted by atomic mass is 16.5. The second-order valence-corrected chi connectivity index (χ2v) is 25.1. The number of likely N-dealkylation sites (N-methyl/N-ethyl adjacent to an activating group) is 1. The Hall–Kier alpha value is -7.51. The first-order valence-electron chi connectivity index (χ1n) is 28.9. The number of hydrogen-bond acceptors (Lipinski definition) is 14. The molecule has 0 spiro atoms. The van der Waals surface area contributed by atoms with Crippen LogP contribution in [0, 0.1) is 23.2 Å². The summed E-state index contributed by atoms with van der Waals surface area (Å²) in [5.41, 5.74) is 6.50. The smallest absolute Gasteiger partial charge is 0.314 e. The quantitative estimate of drug-likeness (QED) is 0.0749. The molecule has 12 rings (SSSR count). The number of nitrogens with zero attached hydrogens (tertiary/aromatic N) is 8. The van der Waals surface area contributed by atoms with Gasteiger partial charge >= 0.3 is 5.97 Å². The lowest BCUT2D eigenvalue weighted by Gasteiger charge is -2.68. The molecule has 3 aromatic heterocycles. The predicted octanol–water partition coefficient (Wildman–Crippen LogP) is 9.36. The van der Waals surface area contributed by atoms with Crippen LogP contribution < -0.4 is 28.7 Å². The van der Waals surface area contributed by atoms with Gasteiger partial charge in [0.2, 0.25) is 11.8 Å². The van der Waals surface area contributed by atoms with Crippen molar-refractivity contribution >= 4 is 62.7 Å². The molecule has 1 amide bonds. The molecule has 5 aliphatic rings. The van der Waals surface area contributed by atoms with Crippen molar-refractivity contribution in [1.82, 2.24) is 39.0 Å². The van der Waals surface area contributed by atoms with Crippen LogP contribution >= 0.6 is 0 Å². The molecular weight excluding hydrogens is 1050 g/mol. The zero-order valence-corrected chi connectivity index (χ0v) is 50.5. The number of piperidine rings is 1. The lowest BCUT2D eigenvalue weighted by Crippen LogP contribution is -2.71. The number of aliphatic imine (C=N–C) groups is 1. The van der Waals surface area contributed by atoms with Gasteiger partial charge in [0.15, 0.2) is 23.1 Å². The highest BCUT2D eigenvalue weighted by molar-refractivity contribution is 5.93. The number of aromatic nitrogens is 3. The number of para-hydroxylation sites is 1. The zero-order chi connectivity index (χ0) is 59.3. The summed E-state index contributed by atoms with van der Waals surface area (Å²) >= 11 is 0. The number of H-pyrrole nitrogens is 1. The van der Waals surface area contributed by atoms with Gasteiger partial charge in [0.25, 0.3) is 5.91 Å². The van der Waals surface area contributed by atoms with Crippen molar-refractivity contribution in [3.8, 4) is 17.2 Å². The number of aliphatic hydroxyl groups excluding tert-OH is 1. The number of aryl methyl sites for hydroxylation is 1. The van der Waals surface area contributed by atoms with Gasteiger partial charge in [-0.15, -0.1) is 0 Å². The van der Waals surface area contributed by atoms with Crippen LogP contribution in [0.15, 0.2) is 113 Å². The number of amides is 1. The molecule has 7 aromatic rings. The number of carbonyl (C=O) groups excluding carboxylic acids is 2. The van der Waals surface area contributed by atoms with E-state index in [-0.39, 0.29) is 28.6 Å². The fourth-order valence-electron chi connectivity index (χ4n) is 14.0. The normalized spacial score (nSPS) is 24.8. The van der Waals surface area contributed by atoms with Crippen LogP contribution in [-0.4, -0.2) is 167 Å². The van der Waals surface area contributed by atoms with Crippen molar-refractivity contribution in [2.75, 3.05) is 113 Å². The molecule has 3 fully saturated rings. The number of aliphatic hydroxyl groups is 1. The number of furan rings is 1. The number of amidine groups is 1. The van der Waals surface area contributed by atoms with Crippen molar-refractivity contribution in [1.29, 1.82) is 0 Å². The van der Waals surface area contributed by atoms with Crippen molar-refractivity contribution in [2.24, 2.45) is 21.2 Å². The fourth-order valence-corrected chi connectivity index (χ4v) is 14.0. The van der Waals surface area contributed by atoms with Gasteiger partial charge < -0.3 is 48.9 Å². The fraction of sp³-hybridized carbons (Fsp3) is 0.462. The van der Waals surface area contributed by atoms with Gasteiger partial charge in [-0.25, -0.2) is 4.98 Å². The van der Waals surface area contributed by atoms with Gasteiger partial charge in [-0.1, -0.05) is 55.8 Å². The van der Waals surface area contributed by atoms with Gasteiger partial charge in [-0.05, 0) is 105 Å². The van der Waals surface area contributed by atoms with E-state index in [1.165, 1.54) is 46.8 Å². The molecule has 18 nitrogen and oxygen atoms in total. The van der Waals surface area contributed by atoms with Crippen LogP contribution in [0.25, 0.3) is 21.8 Å². The molecule has 6 atom stereocenters. The number of hydrogen-bond donors (Lipinski definition) is 4. The minimum Gasteiger partial charge on any atom is -0.508 e. The number of carbonyl (C=O) groups is 2. The van der Waals surface area contributed by atoms with E-state index in [2.05, 4.69) is 136 Å². The molecule has 0 bridgehead atoms. The lowest BCUT2D eigenvalue weighted by atomic mass is 9.41. The average Bonchev–Trinajstić information content (AvgIpc) is 1.96. The predicted molar refractivity (Wildman–Crippen MR) is 328 cm³/mol. The summed E-state index contributed by atoms with van der Waals surface area (Å²) in [6.07, 6.45) is 4.23. The van der Waals surface area contributed by atoms with Crippen molar-refractivity contribution < 1.29 is 38.4 Å². The van der Waals surface area contributed by atoms with Crippen molar-refractivity contribution in [2.45, 2.75) is 71.9 Å². The van der Waals surface area contributed by atoms with Crippen molar-refractivity contribution in [3.63, 3.8) is 0 Å². The van der Waals surface area contributed by atoms with Crippen LogP contribution in [0.1, 0.15) is 74.3 Å². The summed E-state index contributed by atoms with van der Waals surface area (Å²) in [5, 5.41) is 26.6. The number of phenolic OH excluding ortho intramolecular Hbond substituents is 1. The molecule has 7 heterocycles. The molecule has 4 aliphatic heterocycles. The maximum Gasteiger partial charge on any atom is 0.314 e. The SMILES string of the molecule is COC(=O)C1(C)C(O)CCC2(C)CN3CCc4c([nH]c5ccccc45)C3(C)CC21C.COc1cc2nc(N3CCN(C(=O)c4ccco4)CC3)nc([N+](C)(C)C)c2cc1OC.Cc1ccc([N+](C)(CC2=NCCN2)c2cccc(O)c2)cc1. The summed E-state index contributed by atoms with van der Waals surface area (Å²) in [4.78, 5) is 50.3. The highest BCUT2D eigenvalue weighted by Gasteiger charge is 2.70. The number of piperazine rings is 1. The first-order chi connectivity index (χ1) is 39.5. The molecule has 2 saturated heterocycles. The standard InChI is InChI=1S/C25H34N2O3.C22H28N5O4.C18H21N3O/c1-22-12-10-19(28)25(4,21(29)30-5)24(22,3)14-23(2)20-17(11-13-27(23)15-22)16-8-6-7-9-18(16)26-20;1-27(2,3)20-15-13-18(29-4)19(30-5)14-16(15)23-22(24-20)26-10-8-25(9-11-26)21(28)17-7-6-12-31-17;1-14-6-8-15(9-7-14)21(2,13-18-19-10-11-20-18)16-4-3-5-17(22)12-16/h6-9,19,26,28H,10-15H2,1-5H3;6-7,12-14H,8-11H2,1-5H3;3-9,12H,10-11,13H2,1-2H3,(H-,19,20,22)/q;+1;/p+1. The summed E-state index contributed by atoms with van der Waals surface area (Å²) in [5.74, 6) is 4.10. The number of quaternary nitrogens is 2. The number of aromatic amines is 1. The van der Waals surface area contributed by atoms with E-state index < -0.39 is 16.9 Å². The van der Waals surface area contributed by atoms with E-state index in [0.717, 1.165) is 80.2 Å². The number of ether oxygens (including phenoxy) is 3. The summed E-state index contributed by atoms with van der Waals surface area (Å²) < 4.78 is 22.6. The number of nitrogens with one attached hydrogen (secondary N) is 2. The van der Waals surface area contributed by atoms with Gasteiger partial charge in [0, 0.05) is 80.6 Å². The third-order valence-electron chi connectivity index (χ3n) is 19.2. The van der Waals surface area contributed by atoms with E-state index in [1.54, 1.807) is 37.3 Å². The highest BCUT2D eigenvalue weighted by Crippen LogP contribution is 2.68. The Bertz CT molecular complexity index is 3540. The van der Waals surface area contributed by atoms with Crippen molar-refractivity contribution in [3.05, 3.63) is 126 Å². The van der Waals surface area contributed by atoms with E-state index in [4.69, 9.17) is 28.6 Å². The molecule has 83 heavy (non-hydrogen) atoms. The third-order valence-corrected chi connectivity index (χ3v) is 19.2. The Morgan fingerprint density at radius 3 is 2.19 bits per heavy atom. The van der Waals surface area contributed by atoms with Crippen LogP contribution in [0.3, 0.4) is 0 Å². The number of anilines is 1. The Kier molecular flexibility index (Phi) is 16.0. The first kappa shape index (κ1) is 58.7. The first-order valence-corrected chi connectivity index (χ1v) is 28.9. The van der Waals surface area contributed by atoms with E-state index >= 15 is 0 Å². The molecular formula is C65H84N10O8+2. The summed E-state index contributed by atoms with van der Waals surface area (Å²) in [6, 6.07) is 31.8. The van der Waals surface area contributed by atoms with Crippen LogP contribution in [0.4, 0.5) is 23.1 Å². The topological polar surface area (TPSA) is 191 Å². The maximum atomic E-state index is 13.1. The average molecular weight is 1130 g/mol. The Labute approximate surface area is 487 Å². The van der Waals surface area contributed by atoms with Crippen LogP contribution in [0.5, 0.6) is 17.2 Å². The number of aromatic hydroxyl groups is 1. The molecule has 440 valence electrons. The molecule has 4 aromatic carbocycles. The molecule has 1 saturated carbocycles. The molecule has 18 heteroatoms. The molecule has 6 unspecified atom stereocenters. The number of methoxy groups -OCH3 is 3. The largest absolute Gasteiger partial charge is 0.508 e. The number of fused-ring (bicyclic) bond motifs is 7. The van der Waals surface area contributed by atoms with Gasteiger partial charge in [-0.2, -0.15) is 4.98 Å². The van der Waals surface area contributed by atoms with E-state index in [1.807, 2.05) is 31.2 Å². The Morgan fingerprint density at radius 2 is 1.54 bits per heavy atom. The van der Waals surface area contributed by atoms with Gasteiger partial charge in [0.05, 0.1) is 90.3 Å². The molecule has 1 aliphatic carbocycles. The molecule has 0 radical (unpaired) electrons. The summed E-state index contributed by atoms with van der Waals surface area (Å²) in [7, 11) is 13.0. The lowest BCUT2D eigenvalue weighted by molar-refractivity contribution is -0.236. The van der Waals surface area contributed by atoms with E-state index in [0.29, 0.717) is 64.8 Å². The minimum atomic E-state index is -0.937. The van der Waals surface area contributed by atoms with Gasteiger partial charge in [-0.3, -0.25) is 28.4 Å². The van der Waals surface area contributed by atoms with Crippen LogP contribution in [-0.2, 0) is 21.5 Å². The third kappa shape index (κ3) is 10.6. The second kappa shape index (κ2) is 22.6. The number of rotatable bonds is 10. The number of phenols is 1. The van der Waals surface area contributed by atoms with E-state index in [9.17, 15) is 19.8 Å². The molecule has 4 N–H and O–H groups in total. The number of esters is 1. The zero-order valence-electron chi connectivity index (χ0n) is 50.5. The Morgan fingerprint density at radius 1 is 0.819 bits per heavy atom. The summed E-state index contributed by atoms with van der Waals surface area (Å²) in [6.45, 7) is 17.8. The second-order valence-electron chi connectivity index (χ2n) is 25.1. The maximum absolute atomic E-state index is 13.1.